The van der Waals surface area contributed by atoms with Crippen molar-refractivity contribution in [2.24, 2.45) is 0 Å². The Balaban J connectivity index is 2.89. The summed E-state index contributed by atoms with van der Waals surface area (Å²) in [6.07, 6.45) is 1.39. The van der Waals surface area contributed by atoms with E-state index in [0.29, 0.717) is 0 Å². The highest BCUT2D eigenvalue weighted by atomic mass is 16.5. The number of anilines is 1. The fourth-order valence-electron chi connectivity index (χ4n) is 1.29. The molecule has 1 aromatic carbocycles. The number of nitriles is 1. The Bertz CT molecular complexity index is 486. The topological polar surface area (TPSA) is 73.6 Å². The van der Waals surface area contributed by atoms with Crippen molar-refractivity contribution in [2.75, 3.05) is 18.6 Å². The van der Waals surface area contributed by atoms with E-state index in [1.54, 1.807) is 37.1 Å². The number of phenolic OH excluding ortho intramolecular Hbond substituents is 1. The second-order valence-corrected chi connectivity index (χ2v) is 3.50. The molecule has 0 aliphatic heterocycles. The summed E-state index contributed by atoms with van der Waals surface area (Å²) in [6.45, 7) is 1.90. The van der Waals surface area contributed by atoms with Crippen LogP contribution < -0.4 is 4.90 Å². The van der Waals surface area contributed by atoms with Gasteiger partial charge in [0.2, 0.25) is 0 Å². The predicted molar refractivity (Wildman–Crippen MR) is 66.8 cm³/mol. The third-order valence-corrected chi connectivity index (χ3v) is 2.20. The van der Waals surface area contributed by atoms with Crippen LogP contribution >= 0.6 is 0 Å². The van der Waals surface area contributed by atoms with Crippen LogP contribution in [0.1, 0.15) is 6.92 Å². The first-order chi connectivity index (χ1) is 8.58. The normalized spacial score (nSPS) is 10.6. The number of ether oxygens (including phenoxy) is 1. The Morgan fingerprint density at radius 2 is 2.11 bits per heavy atom. The van der Waals surface area contributed by atoms with Crippen molar-refractivity contribution in [1.29, 1.82) is 5.26 Å². The molecule has 0 unspecified atom stereocenters. The van der Waals surface area contributed by atoms with Gasteiger partial charge in [0.05, 0.1) is 6.61 Å². The number of carbonyl (C=O) groups excluding carboxylic acids is 1. The molecule has 1 aromatic rings. The van der Waals surface area contributed by atoms with Crippen LogP contribution in [0.15, 0.2) is 36.0 Å². The number of hydrogen-bond acceptors (Lipinski definition) is 5. The number of esters is 1. The van der Waals surface area contributed by atoms with Gasteiger partial charge in [0.1, 0.15) is 11.8 Å². The smallest absolute Gasteiger partial charge is 0.350 e. The molecular weight excluding hydrogens is 232 g/mol. The van der Waals surface area contributed by atoms with E-state index in [1.165, 1.54) is 18.3 Å². The average molecular weight is 246 g/mol. The second-order valence-electron chi connectivity index (χ2n) is 3.50. The van der Waals surface area contributed by atoms with Crippen LogP contribution in [0.25, 0.3) is 0 Å². The zero-order valence-corrected chi connectivity index (χ0v) is 10.3. The molecule has 0 saturated carbocycles. The van der Waals surface area contributed by atoms with E-state index in [9.17, 15) is 4.79 Å². The van der Waals surface area contributed by atoms with Crippen molar-refractivity contribution in [1.82, 2.24) is 0 Å². The zero-order valence-electron chi connectivity index (χ0n) is 10.3. The number of benzene rings is 1. The lowest BCUT2D eigenvalue weighted by Crippen LogP contribution is -2.14. The van der Waals surface area contributed by atoms with Gasteiger partial charge in [-0.15, -0.1) is 0 Å². The molecule has 1 N–H and O–H groups in total. The monoisotopic (exact) mass is 246 g/mol. The van der Waals surface area contributed by atoms with E-state index in [0.717, 1.165) is 5.69 Å². The molecule has 94 valence electrons. The van der Waals surface area contributed by atoms with Crippen molar-refractivity contribution < 1.29 is 14.6 Å². The Hall–Kier alpha value is -2.48. The van der Waals surface area contributed by atoms with Crippen LogP contribution in [0.5, 0.6) is 5.75 Å². The Morgan fingerprint density at radius 1 is 1.50 bits per heavy atom. The van der Waals surface area contributed by atoms with Gasteiger partial charge in [-0.3, -0.25) is 0 Å². The van der Waals surface area contributed by atoms with Gasteiger partial charge in [-0.05, 0) is 31.2 Å². The van der Waals surface area contributed by atoms with Gasteiger partial charge in [0.15, 0.2) is 5.57 Å². The summed E-state index contributed by atoms with van der Waals surface area (Å²) in [6, 6.07) is 8.19. The maximum atomic E-state index is 11.4. The summed E-state index contributed by atoms with van der Waals surface area (Å²) in [7, 11) is 1.70. The van der Waals surface area contributed by atoms with E-state index in [1.807, 2.05) is 0 Å². The van der Waals surface area contributed by atoms with Gasteiger partial charge in [-0.25, -0.2) is 4.79 Å². The summed E-state index contributed by atoms with van der Waals surface area (Å²) < 4.78 is 4.75. The molecule has 5 heteroatoms. The Kier molecular flexibility index (Phi) is 4.76. The molecule has 1 rings (SSSR count). The SMILES string of the molecule is CCOC(=O)C(C#N)=CN(C)c1ccc(O)cc1. The molecule has 0 amide bonds. The van der Waals surface area contributed by atoms with Gasteiger partial charge in [-0.1, -0.05) is 0 Å². The van der Waals surface area contributed by atoms with Gasteiger partial charge >= 0.3 is 5.97 Å². The molecule has 5 nitrogen and oxygen atoms in total. The van der Waals surface area contributed by atoms with Gasteiger partial charge in [0.25, 0.3) is 0 Å². The van der Waals surface area contributed by atoms with Crippen molar-refractivity contribution in [2.45, 2.75) is 6.92 Å². The maximum absolute atomic E-state index is 11.4. The molecule has 0 radical (unpaired) electrons. The summed E-state index contributed by atoms with van der Waals surface area (Å²) in [4.78, 5) is 13.0. The number of nitrogens with zero attached hydrogens (tertiary/aromatic N) is 2. The molecule has 0 aliphatic rings. The van der Waals surface area contributed by atoms with E-state index in [2.05, 4.69) is 0 Å². The summed E-state index contributed by atoms with van der Waals surface area (Å²) >= 11 is 0. The van der Waals surface area contributed by atoms with Crippen molar-refractivity contribution in [3.63, 3.8) is 0 Å². The van der Waals surface area contributed by atoms with Crippen molar-refractivity contribution >= 4 is 11.7 Å². The lowest BCUT2D eigenvalue weighted by molar-refractivity contribution is -0.138. The maximum Gasteiger partial charge on any atom is 0.350 e. The fourth-order valence-corrected chi connectivity index (χ4v) is 1.29. The largest absolute Gasteiger partial charge is 0.508 e. The second kappa shape index (κ2) is 6.30. The van der Waals surface area contributed by atoms with E-state index in [-0.39, 0.29) is 17.9 Å². The fraction of sp³-hybridized carbons (Fsp3) is 0.231. The number of phenols is 1. The van der Waals surface area contributed by atoms with E-state index < -0.39 is 5.97 Å². The zero-order chi connectivity index (χ0) is 13.5. The number of carbonyl (C=O) groups is 1. The predicted octanol–water partition coefficient (Wildman–Crippen LogP) is 1.80. The molecule has 0 aliphatic carbocycles. The highest BCUT2D eigenvalue weighted by Crippen LogP contribution is 2.18. The molecule has 18 heavy (non-hydrogen) atoms. The van der Waals surface area contributed by atoms with Crippen LogP contribution in [-0.2, 0) is 9.53 Å². The number of rotatable bonds is 4. The van der Waals surface area contributed by atoms with E-state index in [4.69, 9.17) is 15.1 Å². The lowest BCUT2D eigenvalue weighted by Gasteiger charge is -2.14. The average Bonchev–Trinajstić information content (AvgIpc) is 2.36. The Morgan fingerprint density at radius 3 is 2.61 bits per heavy atom. The quantitative estimate of drug-likeness (QED) is 0.498. The van der Waals surface area contributed by atoms with Gasteiger partial charge in [0, 0.05) is 18.9 Å². The Labute approximate surface area is 106 Å². The molecular formula is C13H14N2O3. The van der Waals surface area contributed by atoms with Crippen LogP contribution in [0.2, 0.25) is 0 Å². The standard InChI is InChI=1S/C13H14N2O3/c1-3-18-13(17)10(8-14)9-15(2)11-4-6-12(16)7-5-11/h4-7,9,16H,3H2,1-2H3. The lowest BCUT2D eigenvalue weighted by atomic mass is 10.2. The minimum absolute atomic E-state index is 0.0765. The van der Waals surface area contributed by atoms with Crippen LogP contribution in [0.4, 0.5) is 5.69 Å². The van der Waals surface area contributed by atoms with Crippen LogP contribution in [0, 0.1) is 11.3 Å². The van der Waals surface area contributed by atoms with Gasteiger partial charge in [-0.2, -0.15) is 5.26 Å². The molecule has 0 atom stereocenters. The molecule has 0 bridgehead atoms. The van der Waals surface area contributed by atoms with Crippen molar-refractivity contribution in [3.8, 4) is 11.8 Å². The van der Waals surface area contributed by atoms with Crippen LogP contribution in [-0.4, -0.2) is 24.7 Å². The molecule has 0 saturated heterocycles. The third kappa shape index (κ3) is 3.52. The van der Waals surface area contributed by atoms with Crippen LogP contribution in [0.3, 0.4) is 0 Å². The first-order valence-corrected chi connectivity index (χ1v) is 5.39. The highest BCUT2D eigenvalue weighted by Gasteiger charge is 2.11. The van der Waals surface area contributed by atoms with E-state index >= 15 is 0 Å². The summed E-state index contributed by atoms with van der Waals surface area (Å²) in [5.41, 5.74) is 0.664. The minimum atomic E-state index is -0.648. The minimum Gasteiger partial charge on any atom is -0.508 e. The highest BCUT2D eigenvalue weighted by molar-refractivity contribution is 5.93. The first-order valence-electron chi connectivity index (χ1n) is 5.39. The summed E-state index contributed by atoms with van der Waals surface area (Å²) in [5.74, 6) is -0.493. The molecule has 0 fully saturated rings. The van der Waals surface area contributed by atoms with Gasteiger partial charge < -0.3 is 14.7 Å². The third-order valence-electron chi connectivity index (χ3n) is 2.20. The molecule has 0 spiro atoms. The first kappa shape index (κ1) is 13.6. The molecule has 0 heterocycles. The molecule has 0 aromatic heterocycles. The summed E-state index contributed by atoms with van der Waals surface area (Å²) in [5, 5.41) is 18.0. The number of aromatic hydroxyl groups is 1. The number of hydrogen-bond donors (Lipinski definition) is 1. The van der Waals surface area contributed by atoms with Crippen molar-refractivity contribution in [3.05, 3.63) is 36.0 Å².